The lowest BCUT2D eigenvalue weighted by molar-refractivity contribution is -0.121. The van der Waals surface area contributed by atoms with Crippen LogP contribution < -0.4 is 15.8 Å². The lowest BCUT2D eigenvalue weighted by Crippen LogP contribution is -2.24. The molecule has 23 heavy (non-hydrogen) atoms. The van der Waals surface area contributed by atoms with E-state index in [0.29, 0.717) is 29.4 Å². The van der Waals surface area contributed by atoms with Gasteiger partial charge in [0.1, 0.15) is 5.75 Å². The van der Waals surface area contributed by atoms with E-state index in [9.17, 15) is 9.59 Å². The Morgan fingerprint density at radius 3 is 2.61 bits per heavy atom. The molecule has 3 N–H and O–H groups in total. The molecule has 0 heterocycles. The zero-order valence-corrected chi connectivity index (χ0v) is 14.3. The molecule has 6 heteroatoms. The molecule has 0 bridgehead atoms. The molecule has 0 atom stereocenters. The Kier molecular flexibility index (Phi) is 9.33. The number of rotatable bonds is 11. The van der Waals surface area contributed by atoms with Crippen molar-refractivity contribution in [2.75, 3.05) is 20.2 Å². The van der Waals surface area contributed by atoms with Crippen molar-refractivity contribution in [2.24, 2.45) is 5.73 Å². The van der Waals surface area contributed by atoms with E-state index in [2.05, 4.69) is 5.32 Å². The Balaban J connectivity index is 2.33. The summed E-state index contributed by atoms with van der Waals surface area (Å²) in [6.45, 7) is 1.35. The van der Waals surface area contributed by atoms with Crippen LogP contribution in [0.2, 0.25) is 5.02 Å². The number of unbranched alkanes of at least 4 members (excludes halogenated alkanes) is 3. The van der Waals surface area contributed by atoms with Gasteiger partial charge in [-0.2, -0.15) is 0 Å². The van der Waals surface area contributed by atoms with Crippen molar-refractivity contribution >= 4 is 23.3 Å². The summed E-state index contributed by atoms with van der Waals surface area (Å²) in [5.74, 6) is 0.209. The second-order valence-corrected chi connectivity index (χ2v) is 5.76. The highest BCUT2D eigenvalue weighted by atomic mass is 35.5. The monoisotopic (exact) mass is 340 g/mol. The molecule has 0 aliphatic heterocycles. The Hall–Kier alpha value is -1.59. The largest absolute Gasteiger partial charge is 0.496 e. The minimum Gasteiger partial charge on any atom is -0.496 e. The molecule has 0 spiro atoms. The first-order valence-electron chi connectivity index (χ1n) is 7.92. The van der Waals surface area contributed by atoms with Gasteiger partial charge in [-0.1, -0.05) is 24.4 Å². The summed E-state index contributed by atoms with van der Waals surface area (Å²) in [5, 5.41) is 3.30. The van der Waals surface area contributed by atoms with E-state index in [1.165, 1.54) is 7.11 Å². The average Bonchev–Trinajstić information content (AvgIpc) is 2.55. The number of amides is 1. The van der Waals surface area contributed by atoms with Gasteiger partial charge in [0.05, 0.1) is 12.7 Å². The molecule has 5 nitrogen and oxygen atoms in total. The summed E-state index contributed by atoms with van der Waals surface area (Å²) in [5.41, 5.74) is 5.83. The van der Waals surface area contributed by atoms with E-state index in [-0.39, 0.29) is 24.5 Å². The highest BCUT2D eigenvalue weighted by Crippen LogP contribution is 2.24. The van der Waals surface area contributed by atoms with Crippen molar-refractivity contribution < 1.29 is 14.3 Å². The minimum atomic E-state index is -0.151. The van der Waals surface area contributed by atoms with Crippen molar-refractivity contribution in [1.82, 2.24) is 5.32 Å². The quantitative estimate of drug-likeness (QED) is 0.479. The number of ether oxygens (including phenoxy) is 1. The number of methoxy groups -OCH3 is 1. The molecule has 0 radical (unpaired) electrons. The summed E-state index contributed by atoms with van der Waals surface area (Å²) >= 11 is 5.91. The predicted molar refractivity (Wildman–Crippen MR) is 92.1 cm³/mol. The maximum Gasteiger partial charge on any atom is 0.220 e. The molecule has 0 fully saturated rings. The highest BCUT2D eigenvalue weighted by molar-refractivity contribution is 6.31. The lowest BCUT2D eigenvalue weighted by Gasteiger charge is -2.08. The first-order valence-corrected chi connectivity index (χ1v) is 8.29. The van der Waals surface area contributed by atoms with Crippen molar-refractivity contribution in [2.45, 2.75) is 38.5 Å². The standard InChI is InChI=1S/C17H25ClN2O3/c1-23-16-8-6-13(18)12-14(16)15(21)7-9-17(22)20-11-5-3-2-4-10-19/h6,8,12H,2-5,7,9-11,19H2,1H3,(H,20,22). The third kappa shape index (κ3) is 7.48. The van der Waals surface area contributed by atoms with Gasteiger partial charge in [0, 0.05) is 24.4 Å². The molecule has 0 aliphatic carbocycles. The van der Waals surface area contributed by atoms with Crippen LogP contribution in [0.4, 0.5) is 0 Å². The number of nitrogens with one attached hydrogen (secondary N) is 1. The van der Waals surface area contributed by atoms with Gasteiger partial charge in [-0.25, -0.2) is 0 Å². The molecular weight excluding hydrogens is 316 g/mol. The normalized spacial score (nSPS) is 10.4. The molecule has 0 saturated carbocycles. The van der Waals surface area contributed by atoms with Gasteiger partial charge in [-0.15, -0.1) is 0 Å². The summed E-state index contributed by atoms with van der Waals surface area (Å²) in [7, 11) is 1.50. The number of halogens is 1. The first kappa shape index (κ1) is 19.5. The fraction of sp³-hybridized carbons (Fsp3) is 0.529. The number of nitrogens with two attached hydrogens (primary N) is 1. The lowest BCUT2D eigenvalue weighted by atomic mass is 10.1. The fourth-order valence-electron chi connectivity index (χ4n) is 2.20. The van der Waals surface area contributed by atoms with Crippen LogP contribution in [0.5, 0.6) is 5.75 Å². The third-order valence-electron chi connectivity index (χ3n) is 3.49. The second kappa shape index (κ2) is 11.0. The summed E-state index contributed by atoms with van der Waals surface area (Å²) in [6.07, 6.45) is 4.38. The summed E-state index contributed by atoms with van der Waals surface area (Å²) in [4.78, 5) is 23.9. The highest BCUT2D eigenvalue weighted by Gasteiger charge is 2.14. The molecule has 0 saturated heterocycles. The number of carbonyl (C=O) groups excluding carboxylic acids is 2. The van der Waals surface area contributed by atoms with Crippen molar-refractivity contribution in [3.05, 3.63) is 28.8 Å². The number of hydrogen-bond donors (Lipinski definition) is 2. The number of benzene rings is 1. The van der Waals surface area contributed by atoms with Gasteiger partial charge in [0.25, 0.3) is 0 Å². The Labute approximate surface area is 142 Å². The Morgan fingerprint density at radius 1 is 1.17 bits per heavy atom. The molecule has 0 aliphatic rings. The maximum atomic E-state index is 12.2. The maximum absolute atomic E-state index is 12.2. The summed E-state index contributed by atoms with van der Waals surface area (Å²) < 4.78 is 5.15. The van der Waals surface area contributed by atoms with Crippen LogP contribution in [0.3, 0.4) is 0 Å². The van der Waals surface area contributed by atoms with E-state index < -0.39 is 0 Å². The van der Waals surface area contributed by atoms with Gasteiger partial charge in [0.15, 0.2) is 5.78 Å². The van der Waals surface area contributed by atoms with E-state index >= 15 is 0 Å². The van der Waals surface area contributed by atoms with Crippen LogP contribution >= 0.6 is 11.6 Å². The molecule has 1 amide bonds. The fourth-order valence-corrected chi connectivity index (χ4v) is 2.37. The number of carbonyl (C=O) groups is 2. The van der Waals surface area contributed by atoms with Crippen LogP contribution in [-0.2, 0) is 4.79 Å². The van der Waals surface area contributed by atoms with Crippen molar-refractivity contribution in [3.63, 3.8) is 0 Å². The molecule has 1 aromatic carbocycles. The van der Waals surface area contributed by atoms with Gasteiger partial charge < -0.3 is 15.8 Å². The second-order valence-electron chi connectivity index (χ2n) is 5.32. The first-order chi connectivity index (χ1) is 11.1. The number of ketones is 1. The van der Waals surface area contributed by atoms with Gasteiger partial charge in [-0.3, -0.25) is 9.59 Å². The van der Waals surface area contributed by atoms with Crippen molar-refractivity contribution in [3.8, 4) is 5.75 Å². The molecule has 0 aromatic heterocycles. The SMILES string of the molecule is COc1ccc(Cl)cc1C(=O)CCC(=O)NCCCCCCN. The summed E-state index contributed by atoms with van der Waals surface area (Å²) in [6, 6.07) is 4.88. The third-order valence-corrected chi connectivity index (χ3v) is 3.73. The van der Waals surface area contributed by atoms with Crippen LogP contribution in [-0.4, -0.2) is 31.9 Å². The van der Waals surface area contributed by atoms with Crippen molar-refractivity contribution in [1.29, 1.82) is 0 Å². The van der Waals surface area contributed by atoms with E-state index in [1.807, 2.05) is 0 Å². The van der Waals surface area contributed by atoms with E-state index in [1.54, 1.807) is 18.2 Å². The zero-order chi connectivity index (χ0) is 17.1. The minimum absolute atomic E-state index is 0.113. The number of Topliss-reactive ketones (excluding diaryl/α,β-unsaturated/α-hetero) is 1. The Morgan fingerprint density at radius 2 is 1.91 bits per heavy atom. The Bertz CT molecular complexity index is 521. The molecule has 1 aromatic rings. The smallest absolute Gasteiger partial charge is 0.220 e. The molecule has 0 unspecified atom stereocenters. The molecule has 1 rings (SSSR count). The van der Waals surface area contributed by atoms with Crippen LogP contribution in [0.15, 0.2) is 18.2 Å². The average molecular weight is 341 g/mol. The molecular formula is C17H25ClN2O3. The number of hydrogen-bond acceptors (Lipinski definition) is 4. The van der Waals surface area contributed by atoms with Gasteiger partial charge in [0.2, 0.25) is 5.91 Å². The van der Waals surface area contributed by atoms with Crippen LogP contribution in [0.25, 0.3) is 0 Å². The van der Waals surface area contributed by atoms with Gasteiger partial charge in [-0.05, 0) is 37.6 Å². The zero-order valence-electron chi connectivity index (χ0n) is 13.6. The molecule has 128 valence electrons. The van der Waals surface area contributed by atoms with E-state index in [4.69, 9.17) is 22.1 Å². The van der Waals surface area contributed by atoms with Gasteiger partial charge >= 0.3 is 0 Å². The van der Waals surface area contributed by atoms with Crippen LogP contribution in [0.1, 0.15) is 48.9 Å². The topological polar surface area (TPSA) is 81.4 Å². The van der Waals surface area contributed by atoms with Crippen LogP contribution in [0, 0.1) is 0 Å². The predicted octanol–water partition coefficient (Wildman–Crippen LogP) is 2.95. The van der Waals surface area contributed by atoms with E-state index in [0.717, 1.165) is 25.7 Å².